The SMILES string of the molecule is CC/C=C\C/C=C\C/C=C\C/C=C\C/C=C\C/C=C\C/C=C\CCCCCC(=O)OC(COC(=O)CCCCCCCCCCCC)COC(OCC[N+](C)(C)C)C(=O)[O-]. The third-order valence-electron chi connectivity index (χ3n) is 9.41. The monoisotopic (exact) mass is 840 g/mol. The third-order valence-corrected chi connectivity index (χ3v) is 9.41. The van der Waals surface area contributed by atoms with Crippen LogP contribution in [0.25, 0.3) is 0 Å². The number of ether oxygens (including phenoxy) is 4. The van der Waals surface area contributed by atoms with Crippen LogP contribution in [0.5, 0.6) is 0 Å². The lowest BCUT2D eigenvalue weighted by atomic mass is 10.1. The maximum atomic E-state index is 12.7. The second-order valence-corrected chi connectivity index (χ2v) is 16.3. The first-order valence-electron chi connectivity index (χ1n) is 23.2. The summed E-state index contributed by atoms with van der Waals surface area (Å²) in [5, 5.41) is 11.7. The molecule has 0 heterocycles. The van der Waals surface area contributed by atoms with Gasteiger partial charge < -0.3 is 33.3 Å². The Hall–Kier alpha value is -3.53. The fourth-order valence-corrected chi connectivity index (χ4v) is 5.81. The highest BCUT2D eigenvalue weighted by molar-refractivity contribution is 5.70. The van der Waals surface area contributed by atoms with Gasteiger partial charge >= 0.3 is 11.9 Å². The Bertz CT molecular complexity index is 1260. The summed E-state index contributed by atoms with van der Waals surface area (Å²) in [6, 6.07) is 0. The van der Waals surface area contributed by atoms with Gasteiger partial charge in [0.15, 0.2) is 12.4 Å². The van der Waals surface area contributed by atoms with Crippen molar-refractivity contribution in [2.75, 3.05) is 47.5 Å². The Morgan fingerprint density at radius 1 is 0.517 bits per heavy atom. The van der Waals surface area contributed by atoms with Crippen LogP contribution in [0.1, 0.15) is 162 Å². The van der Waals surface area contributed by atoms with E-state index in [-0.39, 0.29) is 38.6 Å². The van der Waals surface area contributed by atoms with E-state index in [0.717, 1.165) is 83.5 Å². The second kappa shape index (κ2) is 42.2. The van der Waals surface area contributed by atoms with Gasteiger partial charge in [-0.25, -0.2) is 0 Å². The molecule has 0 aromatic carbocycles. The molecule has 0 fully saturated rings. The minimum absolute atomic E-state index is 0.137. The van der Waals surface area contributed by atoms with E-state index in [1.165, 1.54) is 44.9 Å². The Morgan fingerprint density at radius 3 is 1.42 bits per heavy atom. The molecule has 0 bridgehead atoms. The van der Waals surface area contributed by atoms with Crippen molar-refractivity contribution in [3.8, 4) is 0 Å². The number of hydrogen-bond acceptors (Lipinski definition) is 8. The summed E-state index contributed by atoms with van der Waals surface area (Å²) < 4.78 is 22.5. The zero-order valence-electron chi connectivity index (χ0n) is 38.5. The first-order valence-corrected chi connectivity index (χ1v) is 23.2. The number of aliphatic carboxylic acids is 1. The van der Waals surface area contributed by atoms with Crippen LogP contribution in [0.2, 0.25) is 0 Å². The molecular formula is C51H85NO8. The number of esters is 2. The smallest absolute Gasteiger partial charge is 0.306 e. The number of carbonyl (C=O) groups excluding carboxylic acids is 3. The van der Waals surface area contributed by atoms with Crippen LogP contribution < -0.4 is 5.11 Å². The minimum Gasteiger partial charge on any atom is -0.545 e. The average Bonchev–Trinajstić information content (AvgIpc) is 3.21. The lowest BCUT2D eigenvalue weighted by Gasteiger charge is -2.26. The van der Waals surface area contributed by atoms with Gasteiger partial charge in [-0.05, 0) is 70.6 Å². The van der Waals surface area contributed by atoms with Crippen molar-refractivity contribution in [2.45, 2.75) is 174 Å². The molecule has 0 rings (SSSR count). The highest BCUT2D eigenvalue weighted by atomic mass is 16.7. The predicted octanol–water partition coefficient (Wildman–Crippen LogP) is 11.2. The van der Waals surface area contributed by atoms with E-state index >= 15 is 0 Å². The third kappa shape index (κ3) is 42.6. The van der Waals surface area contributed by atoms with E-state index in [9.17, 15) is 19.5 Å². The van der Waals surface area contributed by atoms with Crippen molar-refractivity contribution >= 4 is 17.9 Å². The van der Waals surface area contributed by atoms with Crippen molar-refractivity contribution in [1.82, 2.24) is 0 Å². The standard InChI is InChI=1S/C51H85NO8/c1-6-8-10-12-14-16-18-19-20-21-22-23-24-25-26-27-28-29-30-31-32-34-36-38-40-42-49(54)60-47(46-59-51(50(55)56)57-44-43-52(3,4)5)45-58-48(53)41-39-37-35-33-17-15-13-11-9-7-2/h8,10,14,16,19-20,22-23,25-26,28-29,31-32,47,51H,6-7,9,11-13,15,17-18,21,24,27,30,33-46H2,1-5H3/b10-8-,16-14-,20-19-,23-22-,26-25-,29-28-,32-31-. The number of nitrogens with zero attached hydrogens (tertiary/aromatic N) is 1. The number of carboxylic acids is 1. The number of quaternary nitrogens is 1. The maximum absolute atomic E-state index is 12.7. The van der Waals surface area contributed by atoms with Crippen LogP contribution in [0.15, 0.2) is 85.1 Å². The molecule has 2 unspecified atom stereocenters. The first-order chi connectivity index (χ1) is 29.1. The normalized spacial score (nSPS) is 13.7. The average molecular weight is 840 g/mol. The number of carboxylic acid groups (broad SMARTS) is 1. The van der Waals surface area contributed by atoms with Crippen molar-refractivity contribution in [3.63, 3.8) is 0 Å². The molecule has 9 nitrogen and oxygen atoms in total. The van der Waals surface area contributed by atoms with Crippen LogP contribution in [0.4, 0.5) is 0 Å². The van der Waals surface area contributed by atoms with E-state index < -0.39 is 24.3 Å². The van der Waals surface area contributed by atoms with E-state index in [2.05, 4.69) is 98.9 Å². The largest absolute Gasteiger partial charge is 0.545 e. The van der Waals surface area contributed by atoms with Crippen LogP contribution in [0.3, 0.4) is 0 Å². The van der Waals surface area contributed by atoms with E-state index in [1.54, 1.807) is 0 Å². The van der Waals surface area contributed by atoms with E-state index in [4.69, 9.17) is 18.9 Å². The molecule has 0 aromatic rings. The molecule has 0 aliphatic rings. The number of allylic oxidation sites excluding steroid dienone is 14. The number of hydrogen-bond donors (Lipinski definition) is 0. The van der Waals surface area contributed by atoms with Gasteiger partial charge in [-0.1, -0.05) is 163 Å². The minimum atomic E-state index is -1.63. The quantitative estimate of drug-likeness (QED) is 0.0197. The van der Waals surface area contributed by atoms with Gasteiger partial charge in [0.25, 0.3) is 0 Å². The molecule has 2 atom stereocenters. The zero-order chi connectivity index (χ0) is 44.2. The Kier molecular flexibility index (Phi) is 39.7. The number of carbonyl (C=O) groups is 3. The molecular weight excluding hydrogens is 755 g/mol. The summed E-state index contributed by atoms with van der Waals surface area (Å²) in [4.78, 5) is 36.9. The van der Waals surface area contributed by atoms with Gasteiger partial charge in [-0.2, -0.15) is 0 Å². The summed E-state index contributed by atoms with van der Waals surface area (Å²) >= 11 is 0. The van der Waals surface area contributed by atoms with Gasteiger partial charge in [0.1, 0.15) is 13.2 Å². The molecule has 0 aromatic heterocycles. The highest BCUT2D eigenvalue weighted by Crippen LogP contribution is 2.13. The molecule has 0 saturated heterocycles. The Labute approximate surface area is 366 Å². The Morgan fingerprint density at radius 2 is 0.950 bits per heavy atom. The molecule has 0 radical (unpaired) electrons. The summed E-state index contributed by atoms with van der Waals surface area (Å²) in [6.07, 6.45) is 50.5. The summed E-state index contributed by atoms with van der Waals surface area (Å²) in [5.41, 5.74) is 0. The fourth-order valence-electron chi connectivity index (χ4n) is 5.81. The van der Waals surface area contributed by atoms with Crippen LogP contribution in [-0.4, -0.2) is 82.3 Å². The predicted molar refractivity (Wildman–Crippen MR) is 246 cm³/mol. The fraction of sp³-hybridized carbons (Fsp3) is 0.667. The molecule has 0 saturated carbocycles. The van der Waals surface area contributed by atoms with E-state index in [1.807, 2.05) is 21.1 Å². The zero-order valence-corrected chi connectivity index (χ0v) is 38.5. The van der Waals surface area contributed by atoms with Gasteiger partial charge in [0.2, 0.25) is 0 Å². The maximum Gasteiger partial charge on any atom is 0.306 e. The molecule has 9 heteroatoms. The molecule has 342 valence electrons. The van der Waals surface area contributed by atoms with Crippen molar-refractivity contribution in [3.05, 3.63) is 85.1 Å². The van der Waals surface area contributed by atoms with Crippen LogP contribution >= 0.6 is 0 Å². The van der Waals surface area contributed by atoms with E-state index in [0.29, 0.717) is 17.4 Å². The first kappa shape index (κ1) is 56.5. The molecule has 0 aliphatic heterocycles. The van der Waals surface area contributed by atoms with Crippen LogP contribution in [-0.2, 0) is 33.3 Å². The van der Waals surface area contributed by atoms with Crippen LogP contribution in [0, 0.1) is 0 Å². The highest BCUT2D eigenvalue weighted by Gasteiger charge is 2.21. The summed E-state index contributed by atoms with van der Waals surface area (Å²) in [6.45, 7) is 4.54. The van der Waals surface area contributed by atoms with Gasteiger partial charge in [-0.15, -0.1) is 0 Å². The lowest BCUT2D eigenvalue weighted by molar-refractivity contribution is -0.870. The molecule has 0 N–H and O–H groups in total. The number of rotatable bonds is 41. The van der Waals surface area contributed by atoms with Gasteiger partial charge in [-0.3, -0.25) is 9.59 Å². The Balaban J connectivity index is 4.44. The second-order valence-electron chi connectivity index (χ2n) is 16.3. The summed E-state index contributed by atoms with van der Waals surface area (Å²) in [7, 11) is 5.89. The summed E-state index contributed by atoms with van der Waals surface area (Å²) in [5.74, 6) is -2.34. The van der Waals surface area contributed by atoms with Gasteiger partial charge in [0, 0.05) is 12.8 Å². The van der Waals surface area contributed by atoms with Crippen molar-refractivity contribution < 1.29 is 42.9 Å². The molecule has 60 heavy (non-hydrogen) atoms. The topological polar surface area (TPSA) is 111 Å². The molecule has 0 aliphatic carbocycles. The molecule has 0 amide bonds. The number of unbranched alkanes of at least 4 members (excludes halogenated alkanes) is 12. The van der Waals surface area contributed by atoms with Crippen molar-refractivity contribution in [1.29, 1.82) is 0 Å². The van der Waals surface area contributed by atoms with Crippen molar-refractivity contribution in [2.24, 2.45) is 0 Å². The lowest BCUT2D eigenvalue weighted by Crippen LogP contribution is -2.44. The molecule has 0 spiro atoms. The van der Waals surface area contributed by atoms with Gasteiger partial charge in [0.05, 0.1) is 40.3 Å². The number of likely N-dealkylation sites (N-methyl/N-ethyl adjacent to an activating group) is 1.